The van der Waals surface area contributed by atoms with Gasteiger partial charge in [-0.2, -0.15) is 0 Å². The van der Waals surface area contributed by atoms with Gasteiger partial charge in [-0.15, -0.1) is 0 Å². The lowest BCUT2D eigenvalue weighted by Crippen LogP contribution is -2.23. The van der Waals surface area contributed by atoms with Gasteiger partial charge in [-0.25, -0.2) is 9.97 Å². The Balaban J connectivity index is 1.70. The smallest absolute Gasteiger partial charge is 0.132 e. The molecule has 0 radical (unpaired) electrons. The number of aryl methyl sites for hydroxylation is 1. The summed E-state index contributed by atoms with van der Waals surface area (Å²) in [4.78, 5) is 8.85. The van der Waals surface area contributed by atoms with Crippen molar-refractivity contribution in [1.29, 1.82) is 0 Å². The minimum atomic E-state index is -0.132. The normalized spacial score (nSPS) is 26.8. The van der Waals surface area contributed by atoms with Crippen molar-refractivity contribution in [2.75, 3.05) is 11.9 Å². The van der Waals surface area contributed by atoms with E-state index in [1.807, 2.05) is 0 Å². The van der Waals surface area contributed by atoms with Gasteiger partial charge in [-0.1, -0.05) is 12.8 Å². The van der Waals surface area contributed by atoms with Gasteiger partial charge in [0.2, 0.25) is 0 Å². The van der Waals surface area contributed by atoms with Crippen LogP contribution >= 0.6 is 0 Å². The Morgan fingerprint density at radius 3 is 2.84 bits per heavy atom. The average molecular weight is 261 g/mol. The number of aliphatic hydroxyl groups excluding tert-OH is 1. The Morgan fingerprint density at radius 1 is 1.11 bits per heavy atom. The highest BCUT2D eigenvalue weighted by Crippen LogP contribution is 2.27. The third kappa shape index (κ3) is 2.89. The van der Waals surface area contributed by atoms with E-state index >= 15 is 0 Å². The van der Waals surface area contributed by atoms with E-state index in [4.69, 9.17) is 0 Å². The topological polar surface area (TPSA) is 58.0 Å². The highest BCUT2D eigenvalue weighted by molar-refractivity contribution is 5.46. The highest BCUT2D eigenvalue weighted by Gasteiger charge is 2.25. The Bertz CT molecular complexity index is 435. The van der Waals surface area contributed by atoms with Crippen molar-refractivity contribution in [2.45, 2.75) is 57.5 Å². The standard InChI is InChI=1S/C15H23N3O/c19-14-8-4-5-11(14)9-16-15-12-6-2-1-3-7-13(12)17-10-18-15/h10-11,14,19H,1-9H2,(H,16,17,18). The van der Waals surface area contributed by atoms with Crippen LogP contribution in [0.4, 0.5) is 5.82 Å². The molecular weight excluding hydrogens is 238 g/mol. The van der Waals surface area contributed by atoms with Gasteiger partial charge in [0.1, 0.15) is 12.1 Å². The molecular formula is C15H23N3O. The van der Waals surface area contributed by atoms with Gasteiger partial charge in [0.15, 0.2) is 0 Å². The SMILES string of the molecule is OC1CCCC1CNc1ncnc2c1CCCCC2. The minimum Gasteiger partial charge on any atom is -0.393 e. The van der Waals surface area contributed by atoms with Crippen molar-refractivity contribution in [1.82, 2.24) is 9.97 Å². The second-order valence-corrected chi connectivity index (χ2v) is 5.85. The van der Waals surface area contributed by atoms with Crippen molar-refractivity contribution >= 4 is 5.82 Å². The fourth-order valence-electron chi connectivity index (χ4n) is 3.33. The highest BCUT2D eigenvalue weighted by atomic mass is 16.3. The van der Waals surface area contributed by atoms with Crippen molar-refractivity contribution in [2.24, 2.45) is 5.92 Å². The van der Waals surface area contributed by atoms with Crippen LogP contribution in [0, 0.1) is 5.92 Å². The molecule has 2 atom stereocenters. The third-order valence-electron chi connectivity index (χ3n) is 4.53. The number of hydrogen-bond donors (Lipinski definition) is 2. The molecule has 0 aliphatic heterocycles. The summed E-state index contributed by atoms with van der Waals surface area (Å²) >= 11 is 0. The number of hydrogen-bond acceptors (Lipinski definition) is 4. The number of nitrogens with one attached hydrogen (secondary N) is 1. The lowest BCUT2D eigenvalue weighted by Gasteiger charge is -2.17. The molecule has 1 heterocycles. The van der Waals surface area contributed by atoms with Crippen molar-refractivity contribution in [3.63, 3.8) is 0 Å². The van der Waals surface area contributed by atoms with E-state index < -0.39 is 0 Å². The number of anilines is 1. The molecule has 4 nitrogen and oxygen atoms in total. The van der Waals surface area contributed by atoms with Gasteiger partial charge in [0, 0.05) is 23.7 Å². The summed E-state index contributed by atoms with van der Waals surface area (Å²) in [7, 11) is 0. The molecule has 2 aliphatic carbocycles. The first-order chi connectivity index (χ1) is 9.34. The first-order valence-electron chi connectivity index (χ1n) is 7.59. The molecule has 1 fully saturated rings. The molecule has 1 aromatic rings. The Kier molecular flexibility index (Phi) is 3.97. The monoisotopic (exact) mass is 261 g/mol. The first kappa shape index (κ1) is 12.9. The number of aromatic nitrogens is 2. The number of rotatable bonds is 3. The van der Waals surface area contributed by atoms with Crippen LogP contribution in [0.2, 0.25) is 0 Å². The summed E-state index contributed by atoms with van der Waals surface area (Å²) < 4.78 is 0. The third-order valence-corrected chi connectivity index (χ3v) is 4.53. The molecule has 0 saturated heterocycles. The Morgan fingerprint density at radius 2 is 2.00 bits per heavy atom. The molecule has 104 valence electrons. The van der Waals surface area contributed by atoms with Crippen LogP contribution in [0.1, 0.15) is 49.8 Å². The van der Waals surface area contributed by atoms with E-state index in [1.165, 1.54) is 30.5 Å². The number of nitrogens with zero attached hydrogens (tertiary/aromatic N) is 2. The van der Waals surface area contributed by atoms with E-state index in [-0.39, 0.29) is 6.10 Å². The van der Waals surface area contributed by atoms with E-state index in [0.717, 1.165) is 44.5 Å². The number of fused-ring (bicyclic) bond motifs is 1. The van der Waals surface area contributed by atoms with Gasteiger partial charge < -0.3 is 10.4 Å². The average Bonchev–Trinajstić information content (AvgIpc) is 2.69. The molecule has 0 bridgehead atoms. The van der Waals surface area contributed by atoms with Crippen LogP contribution in [0.3, 0.4) is 0 Å². The molecule has 4 heteroatoms. The van der Waals surface area contributed by atoms with E-state index in [2.05, 4.69) is 15.3 Å². The van der Waals surface area contributed by atoms with Crippen LogP contribution in [-0.2, 0) is 12.8 Å². The zero-order chi connectivity index (χ0) is 13.1. The summed E-state index contributed by atoms with van der Waals surface area (Å²) in [5.41, 5.74) is 2.54. The van der Waals surface area contributed by atoms with E-state index in [0.29, 0.717) is 5.92 Å². The second kappa shape index (κ2) is 5.87. The van der Waals surface area contributed by atoms with Crippen LogP contribution in [-0.4, -0.2) is 27.7 Å². The predicted octanol–water partition coefficient (Wildman–Crippen LogP) is 2.32. The fraction of sp³-hybridized carbons (Fsp3) is 0.733. The maximum Gasteiger partial charge on any atom is 0.132 e. The summed E-state index contributed by atoms with van der Waals surface area (Å²) in [5, 5.41) is 13.3. The van der Waals surface area contributed by atoms with Crippen LogP contribution in [0.25, 0.3) is 0 Å². The van der Waals surface area contributed by atoms with Crippen LogP contribution in [0.5, 0.6) is 0 Å². The molecule has 0 spiro atoms. The quantitative estimate of drug-likeness (QED) is 0.820. The van der Waals surface area contributed by atoms with Gasteiger partial charge in [0.25, 0.3) is 0 Å². The zero-order valence-electron chi connectivity index (χ0n) is 11.4. The van der Waals surface area contributed by atoms with Crippen molar-refractivity contribution in [3.05, 3.63) is 17.6 Å². The van der Waals surface area contributed by atoms with Crippen LogP contribution < -0.4 is 5.32 Å². The molecule has 2 N–H and O–H groups in total. The van der Waals surface area contributed by atoms with Gasteiger partial charge in [0.05, 0.1) is 6.10 Å². The van der Waals surface area contributed by atoms with Crippen molar-refractivity contribution in [3.8, 4) is 0 Å². The summed E-state index contributed by atoms with van der Waals surface area (Å²) in [6.07, 6.45) is 10.7. The van der Waals surface area contributed by atoms with E-state index in [9.17, 15) is 5.11 Å². The lowest BCUT2D eigenvalue weighted by atomic mass is 10.1. The molecule has 3 rings (SSSR count). The fourth-order valence-corrected chi connectivity index (χ4v) is 3.33. The molecule has 0 aromatic carbocycles. The Hall–Kier alpha value is -1.16. The predicted molar refractivity (Wildman–Crippen MR) is 75.1 cm³/mol. The zero-order valence-corrected chi connectivity index (χ0v) is 11.4. The second-order valence-electron chi connectivity index (χ2n) is 5.85. The summed E-state index contributed by atoms with van der Waals surface area (Å²) in [6, 6.07) is 0. The molecule has 2 aliphatic rings. The maximum atomic E-state index is 9.88. The molecule has 1 saturated carbocycles. The minimum absolute atomic E-state index is 0.132. The maximum absolute atomic E-state index is 9.88. The summed E-state index contributed by atoms with van der Waals surface area (Å²) in [5.74, 6) is 1.39. The molecule has 2 unspecified atom stereocenters. The lowest BCUT2D eigenvalue weighted by molar-refractivity contribution is 0.138. The number of aliphatic hydroxyl groups is 1. The van der Waals surface area contributed by atoms with Crippen LogP contribution in [0.15, 0.2) is 6.33 Å². The molecule has 0 amide bonds. The van der Waals surface area contributed by atoms with Gasteiger partial charge in [-0.05, 0) is 38.5 Å². The first-order valence-corrected chi connectivity index (χ1v) is 7.59. The summed E-state index contributed by atoms with van der Waals surface area (Å²) in [6.45, 7) is 0.838. The largest absolute Gasteiger partial charge is 0.393 e. The van der Waals surface area contributed by atoms with Gasteiger partial charge in [-0.3, -0.25) is 0 Å². The van der Waals surface area contributed by atoms with Crippen molar-refractivity contribution < 1.29 is 5.11 Å². The Labute approximate surface area is 114 Å². The molecule has 19 heavy (non-hydrogen) atoms. The van der Waals surface area contributed by atoms with E-state index in [1.54, 1.807) is 6.33 Å². The molecule has 1 aromatic heterocycles. The van der Waals surface area contributed by atoms with Gasteiger partial charge >= 0.3 is 0 Å².